The second-order valence-electron chi connectivity index (χ2n) is 7.22. The van der Waals surface area contributed by atoms with E-state index in [1.165, 1.54) is 73.8 Å². The highest BCUT2D eigenvalue weighted by molar-refractivity contribution is 5.78. The molecule has 0 radical (unpaired) electrons. The molecule has 1 heterocycles. The maximum atomic E-state index is 5.53. The van der Waals surface area contributed by atoms with E-state index in [0.717, 1.165) is 25.0 Å². The van der Waals surface area contributed by atoms with Gasteiger partial charge in [-0.25, -0.2) is 4.98 Å². The maximum absolute atomic E-state index is 5.53. The second kappa shape index (κ2) is 10.4. The van der Waals surface area contributed by atoms with Crippen molar-refractivity contribution in [1.82, 2.24) is 9.55 Å². The lowest BCUT2D eigenvalue weighted by Crippen LogP contribution is -2.02. The summed E-state index contributed by atoms with van der Waals surface area (Å²) < 4.78 is 2.33. The van der Waals surface area contributed by atoms with Gasteiger partial charge in [-0.05, 0) is 56.5 Å². The van der Waals surface area contributed by atoms with Crippen molar-refractivity contribution in [3.05, 3.63) is 41.7 Å². The van der Waals surface area contributed by atoms with Gasteiger partial charge in [-0.1, -0.05) is 44.6 Å². The Bertz CT molecular complexity index is 669. The van der Waals surface area contributed by atoms with Crippen LogP contribution in [0, 0.1) is 13.8 Å². The zero-order valence-corrected chi connectivity index (χ0v) is 16.2. The van der Waals surface area contributed by atoms with Gasteiger partial charge in [0.05, 0.1) is 11.0 Å². The van der Waals surface area contributed by atoms with Gasteiger partial charge >= 0.3 is 0 Å². The molecule has 25 heavy (non-hydrogen) atoms. The van der Waals surface area contributed by atoms with Gasteiger partial charge in [0.25, 0.3) is 0 Å². The fourth-order valence-corrected chi connectivity index (χ4v) is 3.44. The molecule has 0 fully saturated rings. The molecule has 2 N–H and O–H groups in total. The summed E-state index contributed by atoms with van der Waals surface area (Å²) in [6, 6.07) is 4.49. The van der Waals surface area contributed by atoms with Crippen LogP contribution in [0.25, 0.3) is 11.0 Å². The fraction of sp³-hybridized carbons (Fsp3) is 0.591. The number of unbranched alkanes of at least 4 members (excludes halogenated alkanes) is 7. The van der Waals surface area contributed by atoms with Gasteiger partial charge in [-0.2, -0.15) is 0 Å². The molecule has 0 aliphatic rings. The molecule has 138 valence electrons. The van der Waals surface area contributed by atoms with E-state index in [0.29, 0.717) is 0 Å². The number of nitrogens with two attached hydrogens (primary N) is 1. The summed E-state index contributed by atoms with van der Waals surface area (Å²) in [5.41, 5.74) is 10.6. The average molecular weight is 342 g/mol. The van der Waals surface area contributed by atoms with Gasteiger partial charge in [0.2, 0.25) is 0 Å². The summed E-state index contributed by atoms with van der Waals surface area (Å²) in [7, 11) is 0. The van der Waals surface area contributed by atoms with E-state index in [9.17, 15) is 0 Å². The first-order chi connectivity index (χ1) is 12.2. The number of hydrogen-bond donors (Lipinski definition) is 1. The first-order valence-electron chi connectivity index (χ1n) is 9.94. The van der Waals surface area contributed by atoms with Crippen molar-refractivity contribution >= 4 is 11.0 Å². The number of aromatic nitrogens is 2. The Kier molecular flexibility index (Phi) is 8.20. The van der Waals surface area contributed by atoms with Crippen LogP contribution in [0.2, 0.25) is 0 Å². The highest BCUT2D eigenvalue weighted by atomic mass is 15.1. The van der Waals surface area contributed by atoms with Crippen LogP contribution < -0.4 is 5.73 Å². The lowest BCUT2D eigenvalue weighted by molar-refractivity contribution is 0.563. The van der Waals surface area contributed by atoms with E-state index in [1.54, 1.807) is 0 Å². The lowest BCUT2D eigenvalue weighted by atomic mass is 10.1. The SMILES string of the molecule is C=CCn1c(CCCCCCCCCCN)nc2cc(C)c(C)cc21. The minimum absolute atomic E-state index is 0.838. The van der Waals surface area contributed by atoms with E-state index in [4.69, 9.17) is 10.7 Å². The fourth-order valence-electron chi connectivity index (χ4n) is 3.44. The summed E-state index contributed by atoms with van der Waals surface area (Å²) in [5.74, 6) is 1.21. The molecule has 0 bridgehead atoms. The van der Waals surface area contributed by atoms with Crippen molar-refractivity contribution in [2.75, 3.05) is 6.54 Å². The molecule has 0 saturated carbocycles. The Hall–Kier alpha value is -1.61. The zero-order chi connectivity index (χ0) is 18.1. The first-order valence-corrected chi connectivity index (χ1v) is 9.94. The van der Waals surface area contributed by atoms with Crippen molar-refractivity contribution < 1.29 is 0 Å². The van der Waals surface area contributed by atoms with Gasteiger partial charge < -0.3 is 10.3 Å². The summed E-state index contributed by atoms with van der Waals surface area (Å²) in [6.07, 6.45) is 13.4. The first kappa shape index (κ1) is 19.7. The van der Waals surface area contributed by atoms with Crippen LogP contribution in [0.15, 0.2) is 24.8 Å². The van der Waals surface area contributed by atoms with Crippen LogP contribution in [-0.2, 0) is 13.0 Å². The smallest absolute Gasteiger partial charge is 0.110 e. The van der Waals surface area contributed by atoms with Crippen molar-refractivity contribution in [3.8, 4) is 0 Å². The number of nitrogens with zero attached hydrogens (tertiary/aromatic N) is 2. The maximum Gasteiger partial charge on any atom is 0.110 e. The quantitative estimate of drug-likeness (QED) is 0.411. The second-order valence-corrected chi connectivity index (χ2v) is 7.22. The Labute approximate surface area is 153 Å². The zero-order valence-electron chi connectivity index (χ0n) is 16.2. The number of hydrogen-bond acceptors (Lipinski definition) is 2. The summed E-state index contributed by atoms with van der Waals surface area (Å²) in [6.45, 7) is 9.93. The Morgan fingerprint density at radius 1 is 0.960 bits per heavy atom. The van der Waals surface area contributed by atoms with Gasteiger partial charge in [0, 0.05) is 13.0 Å². The predicted octanol–water partition coefficient (Wildman–Crippen LogP) is 5.46. The minimum Gasteiger partial charge on any atom is -0.330 e. The molecule has 0 aliphatic heterocycles. The van der Waals surface area contributed by atoms with Crippen molar-refractivity contribution in [1.29, 1.82) is 0 Å². The summed E-state index contributed by atoms with van der Waals surface area (Å²) >= 11 is 0. The van der Waals surface area contributed by atoms with E-state index in [1.807, 2.05) is 6.08 Å². The molecule has 0 spiro atoms. The number of imidazole rings is 1. The number of allylic oxidation sites excluding steroid dienone is 1. The number of fused-ring (bicyclic) bond motifs is 1. The summed E-state index contributed by atoms with van der Waals surface area (Å²) in [5, 5.41) is 0. The summed E-state index contributed by atoms with van der Waals surface area (Å²) in [4.78, 5) is 4.90. The van der Waals surface area contributed by atoms with Gasteiger partial charge in [-0.3, -0.25) is 0 Å². The van der Waals surface area contributed by atoms with Crippen molar-refractivity contribution in [3.63, 3.8) is 0 Å². The molecule has 1 aromatic carbocycles. The predicted molar refractivity (Wildman–Crippen MR) is 109 cm³/mol. The van der Waals surface area contributed by atoms with E-state index in [-0.39, 0.29) is 0 Å². The largest absolute Gasteiger partial charge is 0.330 e. The Morgan fingerprint density at radius 2 is 1.56 bits per heavy atom. The standard InChI is InChI=1S/C22H35N3/c1-4-15-25-21-17-19(3)18(2)16-20(21)24-22(25)13-11-9-7-5-6-8-10-12-14-23/h4,16-17H,1,5-15,23H2,2-3H3. The van der Waals surface area contributed by atoms with Crippen LogP contribution in [0.3, 0.4) is 0 Å². The highest BCUT2D eigenvalue weighted by Gasteiger charge is 2.11. The topological polar surface area (TPSA) is 43.8 Å². The number of benzene rings is 1. The molecule has 0 amide bonds. The normalized spacial score (nSPS) is 11.3. The van der Waals surface area contributed by atoms with Crippen molar-refractivity contribution in [2.24, 2.45) is 5.73 Å². The highest BCUT2D eigenvalue weighted by Crippen LogP contribution is 2.22. The third-order valence-corrected chi connectivity index (χ3v) is 5.11. The lowest BCUT2D eigenvalue weighted by Gasteiger charge is -2.07. The van der Waals surface area contributed by atoms with E-state index < -0.39 is 0 Å². The van der Waals surface area contributed by atoms with Crippen LogP contribution in [0.1, 0.15) is 68.3 Å². The molecule has 0 unspecified atom stereocenters. The Balaban J connectivity index is 1.86. The van der Waals surface area contributed by atoms with Crippen LogP contribution in [0.5, 0.6) is 0 Å². The third-order valence-electron chi connectivity index (χ3n) is 5.11. The molecule has 1 aromatic heterocycles. The molecule has 0 saturated heterocycles. The molecule has 2 rings (SSSR count). The molecule has 3 heteroatoms. The van der Waals surface area contributed by atoms with Crippen molar-refractivity contribution in [2.45, 2.75) is 78.2 Å². The van der Waals surface area contributed by atoms with Gasteiger partial charge in [0.1, 0.15) is 5.82 Å². The molecular formula is C22H35N3. The minimum atomic E-state index is 0.838. The monoisotopic (exact) mass is 341 g/mol. The van der Waals surface area contributed by atoms with E-state index in [2.05, 4.69) is 37.1 Å². The molecule has 3 nitrogen and oxygen atoms in total. The molecule has 0 aliphatic carbocycles. The molecular weight excluding hydrogens is 306 g/mol. The van der Waals surface area contributed by atoms with Gasteiger partial charge in [-0.15, -0.1) is 6.58 Å². The van der Waals surface area contributed by atoms with Gasteiger partial charge in [0.15, 0.2) is 0 Å². The Morgan fingerprint density at radius 3 is 2.20 bits per heavy atom. The molecule has 2 aromatic rings. The van der Waals surface area contributed by atoms with Crippen LogP contribution in [0.4, 0.5) is 0 Å². The number of rotatable bonds is 12. The molecule has 0 atom stereocenters. The van der Waals surface area contributed by atoms with Crippen LogP contribution in [-0.4, -0.2) is 16.1 Å². The van der Waals surface area contributed by atoms with E-state index >= 15 is 0 Å². The third kappa shape index (κ3) is 5.71. The van der Waals surface area contributed by atoms with Crippen LogP contribution >= 0.6 is 0 Å². The number of aryl methyl sites for hydroxylation is 3. The average Bonchev–Trinajstić information content (AvgIpc) is 2.91.